The third-order valence-electron chi connectivity index (χ3n) is 0.503. The summed E-state index contributed by atoms with van der Waals surface area (Å²) in [6.45, 7) is 0. The number of H-pyrrole nitrogens is 1. The van der Waals surface area contributed by atoms with Crippen LogP contribution in [0.5, 0.6) is 0 Å². The van der Waals surface area contributed by atoms with Gasteiger partial charge in [-0.15, -0.1) is 0 Å². The molecule has 0 aliphatic carbocycles. The predicted molar refractivity (Wildman–Crippen MR) is 27.3 cm³/mol. The van der Waals surface area contributed by atoms with Gasteiger partial charge in [0, 0.05) is 12.3 Å². The number of aromatic nitrogens is 1. The third kappa shape index (κ3) is 0.627. The van der Waals surface area contributed by atoms with Crippen molar-refractivity contribution in [3.8, 4) is 0 Å². The van der Waals surface area contributed by atoms with Crippen molar-refractivity contribution in [2.24, 2.45) is 0 Å². The van der Waals surface area contributed by atoms with Crippen molar-refractivity contribution >= 4 is 15.9 Å². The second-order valence-electron chi connectivity index (χ2n) is 0.936. The van der Waals surface area contributed by atoms with Crippen molar-refractivity contribution < 1.29 is 0 Å². The molecular weight excluding hydrogens is 142 g/mol. The van der Waals surface area contributed by atoms with Crippen LogP contribution in [-0.4, -0.2) is 4.98 Å². The molecule has 0 atom stereocenters. The molecule has 1 radical (unpaired) electrons. The van der Waals surface area contributed by atoms with Crippen LogP contribution >= 0.6 is 15.9 Å². The highest BCUT2D eigenvalue weighted by Crippen LogP contribution is 2.00. The van der Waals surface area contributed by atoms with Gasteiger partial charge in [0.05, 0.1) is 4.60 Å². The minimum atomic E-state index is 0.905. The standard InChI is InChI=1S/C4H3BrN/c5-4-2-1-3-6-4/h1,3,6H. The van der Waals surface area contributed by atoms with Gasteiger partial charge in [0.1, 0.15) is 0 Å². The van der Waals surface area contributed by atoms with Crippen LogP contribution < -0.4 is 0 Å². The Morgan fingerprint density at radius 2 is 2.67 bits per heavy atom. The van der Waals surface area contributed by atoms with Gasteiger partial charge in [-0.2, -0.15) is 0 Å². The Kier molecular flexibility index (Phi) is 0.965. The highest BCUT2D eigenvalue weighted by atomic mass is 79.9. The van der Waals surface area contributed by atoms with Gasteiger partial charge in [0.25, 0.3) is 0 Å². The maximum absolute atomic E-state index is 3.17. The monoisotopic (exact) mass is 144 g/mol. The van der Waals surface area contributed by atoms with E-state index in [0.717, 1.165) is 4.60 Å². The van der Waals surface area contributed by atoms with E-state index in [0.29, 0.717) is 0 Å². The molecular formula is C4H3BrN. The number of hydrogen-bond donors (Lipinski definition) is 1. The number of nitrogens with one attached hydrogen (secondary N) is 1. The smallest absolute Gasteiger partial charge is 0.0900 e. The Hall–Kier alpha value is -0.240. The molecule has 6 heavy (non-hydrogen) atoms. The summed E-state index contributed by atoms with van der Waals surface area (Å²) in [5.74, 6) is 0. The van der Waals surface area contributed by atoms with Gasteiger partial charge in [-0.05, 0) is 22.0 Å². The number of aromatic amines is 1. The Morgan fingerprint density at radius 3 is 2.83 bits per heavy atom. The van der Waals surface area contributed by atoms with E-state index in [1.165, 1.54) is 0 Å². The molecule has 0 fully saturated rings. The molecule has 0 bridgehead atoms. The van der Waals surface area contributed by atoms with Crippen LogP contribution in [0.15, 0.2) is 16.9 Å². The molecule has 2 heteroatoms. The first kappa shape index (κ1) is 3.93. The molecule has 1 heterocycles. The average Bonchev–Trinajstić information content (AvgIpc) is 1.86. The lowest BCUT2D eigenvalue weighted by atomic mass is 10.7. The maximum Gasteiger partial charge on any atom is 0.0900 e. The fourth-order valence-electron chi connectivity index (χ4n) is 0.271. The van der Waals surface area contributed by atoms with Gasteiger partial charge < -0.3 is 4.98 Å². The lowest BCUT2D eigenvalue weighted by molar-refractivity contribution is 1.36. The van der Waals surface area contributed by atoms with Crippen molar-refractivity contribution in [3.63, 3.8) is 0 Å². The summed E-state index contributed by atoms with van der Waals surface area (Å²) in [4.78, 5) is 2.86. The summed E-state index contributed by atoms with van der Waals surface area (Å²) in [6.07, 6.45) is 1.81. The summed E-state index contributed by atoms with van der Waals surface area (Å²) in [7, 11) is 0. The summed E-state index contributed by atoms with van der Waals surface area (Å²) in [5, 5.41) is 0. The van der Waals surface area contributed by atoms with E-state index in [2.05, 4.69) is 27.0 Å². The molecule has 1 nitrogen and oxygen atoms in total. The first-order valence-corrected chi connectivity index (χ1v) is 2.39. The minimum Gasteiger partial charge on any atom is -0.356 e. The van der Waals surface area contributed by atoms with Crippen LogP contribution in [-0.2, 0) is 0 Å². The zero-order chi connectivity index (χ0) is 4.41. The van der Waals surface area contributed by atoms with Crippen LogP contribution in [0.4, 0.5) is 0 Å². The van der Waals surface area contributed by atoms with Crippen LogP contribution in [0.2, 0.25) is 0 Å². The van der Waals surface area contributed by atoms with Crippen LogP contribution in [0.1, 0.15) is 0 Å². The average molecular weight is 145 g/mol. The molecule has 0 aromatic carbocycles. The molecule has 1 aromatic heterocycles. The fraction of sp³-hybridized carbons (Fsp3) is 0. The molecule has 0 saturated carbocycles. The number of hydrogen-bond acceptors (Lipinski definition) is 0. The molecule has 0 saturated heterocycles. The molecule has 1 rings (SSSR count). The topological polar surface area (TPSA) is 15.8 Å². The molecule has 0 aliphatic heterocycles. The fourth-order valence-corrected chi connectivity index (χ4v) is 0.536. The summed E-state index contributed by atoms with van der Waals surface area (Å²) >= 11 is 3.17. The van der Waals surface area contributed by atoms with Crippen molar-refractivity contribution in [1.82, 2.24) is 4.98 Å². The van der Waals surface area contributed by atoms with Gasteiger partial charge in [-0.3, -0.25) is 0 Å². The van der Waals surface area contributed by atoms with E-state index in [1.807, 2.05) is 12.3 Å². The van der Waals surface area contributed by atoms with Gasteiger partial charge in [-0.25, -0.2) is 0 Å². The van der Waals surface area contributed by atoms with Gasteiger partial charge >= 0.3 is 0 Å². The Morgan fingerprint density at radius 1 is 1.83 bits per heavy atom. The van der Waals surface area contributed by atoms with Crippen molar-refractivity contribution in [2.45, 2.75) is 0 Å². The molecule has 1 N–H and O–H groups in total. The summed E-state index contributed by atoms with van der Waals surface area (Å²) in [6, 6.07) is 4.67. The lowest BCUT2D eigenvalue weighted by Gasteiger charge is -1.66. The zero-order valence-corrected chi connectivity index (χ0v) is 4.62. The molecule has 0 aliphatic rings. The quantitative estimate of drug-likeness (QED) is 0.570. The first-order chi connectivity index (χ1) is 2.89. The van der Waals surface area contributed by atoms with Crippen molar-refractivity contribution in [3.05, 3.63) is 22.9 Å². The lowest BCUT2D eigenvalue weighted by Crippen LogP contribution is -1.50. The molecule has 0 spiro atoms. The highest BCUT2D eigenvalue weighted by molar-refractivity contribution is 9.10. The minimum absolute atomic E-state index is 0.905. The van der Waals surface area contributed by atoms with E-state index in [1.54, 1.807) is 0 Å². The third-order valence-corrected chi connectivity index (χ3v) is 0.961. The predicted octanol–water partition coefficient (Wildman–Crippen LogP) is 1.58. The maximum atomic E-state index is 3.17. The van der Waals surface area contributed by atoms with Gasteiger partial charge in [-0.1, -0.05) is 0 Å². The Bertz CT molecular complexity index is 111. The Labute approximate surface area is 44.5 Å². The number of rotatable bonds is 0. The van der Waals surface area contributed by atoms with Crippen molar-refractivity contribution in [1.29, 1.82) is 0 Å². The van der Waals surface area contributed by atoms with E-state index in [4.69, 9.17) is 0 Å². The van der Waals surface area contributed by atoms with Crippen LogP contribution in [0.3, 0.4) is 0 Å². The van der Waals surface area contributed by atoms with E-state index in [9.17, 15) is 0 Å². The molecule has 0 amide bonds. The van der Waals surface area contributed by atoms with Gasteiger partial charge in [0.2, 0.25) is 0 Å². The zero-order valence-electron chi connectivity index (χ0n) is 3.03. The van der Waals surface area contributed by atoms with E-state index in [-0.39, 0.29) is 0 Å². The normalized spacial score (nSPS) is 8.83. The second-order valence-corrected chi connectivity index (χ2v) is 1.73. The van der Waals surface area contributed by atoms with Crippen molar-refractivity contribution in [2.75, 3.05) is 0 Å². The summed E-state index contributed by atoms with van der Waals surface area (Å²) < 4.78 is 0.905. The largest absolute Gasteiger partial charge is 0.356 e. The first-order valence-electron chi connectivity index (χ1n) is 1.60. The SMILES string of the molecule is Brc1[c]cc[nH]1. The molecule has 31 valence electrons. The molecule has 0 unspecified atom stereocenters. The summed E-state index contributed by atoms with van der Waals surface area (Å²) in [5.41, 5.74) is 0. The highest BCUT2D eigenvalue weighted by Gasteiger charge is 1.76. The van der Waals surface area contributed by atoms with E-state index < -0.39 is 0 Å². The van der Waals surface area contributed by atoms with Gasteiger partial charge in [0.15, 0.2) is 0 Å². The van der Waals surface area contributed by atoms with Crippen LogP contribution in [0.25, 0.3) is 0 Å². The number of halogens is 1. The molecule has 1 aromatic rings. The second kappa shape index (κ2) is 1.47. The van der Waals surface area contributed by atoms with E-state index >= 15 is 0 Å². The van der Waals surface area contributed by atoms with Crippen LogP contribution in [0, 0.1) is 6.07 Å². The Balaban J connectivity index is 3.05.